The lowest BCUT2D eigenvalue weighted by atomic mass is 10.2. The average molecular weight is 245 g/mol. The summed E-state index contributed by atoms with van der Waals surface area (Å²) in [6.07, 6.45) is 0.890. The van der Waals surface area contributed by atoms with Crippen LogP contribution in [0.15, 0.2) is 29.2 Å². The zero-order valence-corrected chi connectivity index (χ0v) is 10.0. The lowest BCUT2D eigenvalue weighted by Gasteiger charge is -2.09. The summed E-state index contributed by atoms with van der Waals surface area (Å²) in [7, 11) is 0. The second-order valence-electron chi connectivity index (χ2n) is 3.32. The van der Waals surface area contributed by atoms with Crippen molar-refractivity contribution in [3.05, 3.63) is 29.3 Å². The molecule has 15 heavy (non-hydrogen) atoms. The van der Waals surface area contributed by atoms with Crippen LogP contribution in [0.3, 0.4) is 0 Å². The zero-order chi connectivity index (χ0) is 11.3. The Balaban J connectivity index is 2.44. The lowest BCUT2D eigenvalue weighted by Crippen LogP contribution is -2.01. The first-order chi connectivity index (χ1) is 7.08. The van der Waals surface area contributed by atoms with Crippen molar-refractivity contribution in [2.45, 2.75) is 29.9 Å². The monoisotopic (exact) mass is 244 g/mol. The van der Waals surface area contributed by atoms with Crippen LogP contribution in [0.4, 0.5) is 0 Å². The van der Waals surface area contributed by atoms with Crippen molar-refractivity contribution in [2.24, 2.45) is 0 Å². The Hall–Kier alpha value is -0.670. The van der Waals surface area contributed by atoms with Gasteiger partial charge in [-0.3, -0.25) is 4.79 Å². The van der Waals surface area contributed by atoms with E-state index in [1.165, 1.54) is 0 Å². The first kappa shape index (κ1) is 12.4. The Bertz CT molecular complexity index is 341. The molecular weight excluding hydrogens is 232 g/mol. The predicted octanol–water partition coefficient (Wildman–Crippen LogP) is 3.69. The van der Waals surface area contributed by atoms with Gasteiger partial charge in [0.1, 0.15) is 0 Å². The third kappa shape index (κ3) is 5.09. The first-order valence-corrected chi connectivity index (χ1v) is 5.97. The molecule has 0 aliphatic heterocycles. The van der Waals surface area contributed by atoms with Gasteiger partial charge < -0.3 is 5.11 Å². The van der Waals surface area contributed by atoms with E-state index >= 15 is 0 Å². The fourth-order valence-corrected chi connectivity index (χ4v) is 2.47. The van der Waals surface area contributed by atoms with Crippen molar-refractivity contribution in [3.8, 4) is 0 Å². The van der Waals surface area contributed by atoms with Crippen molar-refractivity contribution in [2.75, 3.05) is 0 Å². The Kier molecular flexibility index (Phi) is 4.99. The predicted molar refractivity (Wildman–Crippen MR) is 63.6 cm³/mol. The van der Waals surface area contributed by atoms with Crippen molar-refractivity contribution in [3.63, 3.8) is 0 Å². The molecule has 1 unspecified atom stereocenters. The van der Waals surface area contributed by atoms with E-state index in [0.29, 0.717) is 16.7 Å². The van der Waals surface area contributed by atoms with Gasteiger partial charge in [0.25, 0.3) is 0 Å². The van der Waals surface area contributed by atoms with Gasteiger partial charge in [-0.1, -0.05) is 24.6 Å². The van der Waals surface area contributed by atoms with E-state index in [-0.39, 0.29) is 6.42 Å². The molecule has 82 valence electrons. The Morgan fingerprint density at radius 1 is 1.60 bits per heavy atom. The van der Waals surface area contributed by atoms with Crippen molar-refractivity contribution < 1.29 is 9.90 Å². The van der Waals surface area contributed by atoms with Crippen molar-refractivity contribution >= 4 is 29.3 Å². The van der Waals surface area contributed by atoms with Gasteiger partial charge in [0.15, 0.2) is 0 Å². The number of hydrogen-bond donors (Lipinski definition) is 1. The molecule has 1 N–H and O–H groups in total. The standard InChI is InChI=1S/C11H13ClO2S/c1-8(5-6-11(13)14)15-10-4-2-3-9(12)7-10/h2-4,7-8H,5-6H2,1H3,(H,13,14). The molecule has 0 saturated carbocycles. The molecule has 1 rings (SSSR count). The molecule has 0 aromatic heterocycles. The quantitative estimate of drug-likeness (QED) is 0.803. The van der Waals surface area contributed by atoms with E-state index in [4.69, 9.17) is 16.7 Å². The lowest BCUT2D eigenvalue weighted by molar-refractivity contribution is -0.137. The Morgan fingerprint density at radius 3 is 2.93 bits per heavy atom. The molecule has 0 radical (unpaired) electrons. The molecule has 0 bridgehead atoms. The summed E-state index contributed by atoms with van der Waals surface area (Å²) in [6.45, 7) is 2.02. The first-order valence-electron chi connectivity index (χ1n) is 4.72. The number of carboxylic acids is 1. The number of aliphatic carboxylic acids is 1. The van der Waals surface area contributed by atoms with Crippen LogP contribution in [0.5, 0.6) is 0 Å². The topological polar surface area (TPSA) is 37.3 Å². The van der Waals surface area contributed by atoms with Gasteiger partial charge in [-0.25, -0.2) is 0 Å². The highest BCUT2D eigenvalue weighted by molar-refractivity contribution is 7.99. The fourth-order valence-electron chi connectivity index (χ4n) is 1.16. The number of carbonyl (C=O) groups is 1. The summed E-state index contributed by atoms with van der Waals surface area (Å²) in [4.78, 5) is 11.5. The molecule has 1 aromatic rings. The minimum atomic E-state index is -0.742. The van der Waals surface area contributed by atoms with Gasteiger partial charge in [-0.15, -0.1) is 11.8 Å². The van der Waals surface area contributed by atoms with Gasteiger partial charge in [0.05, 0.1) is 0 Å². The Morgan fingerprint density at radius 2 is 2.33 bits per heavy atom. The summed E-state index contributed by atoms with van der Waals surface area (Å²) < 4.78 is 0. The SMILES string of the molecule is CC(CCC(=O)O)Sc1cccc(Cl)c1. The summed E-state index contributed by atoms with van der Waals surface area (Å²) in [5, 5.41) is 9.55. The third-order valence-corrected chi connectivity index (χ3v) is 3.30. The molecule has 0 saturated heterocycles. The van der Waals surface area contributed by atoms with E-state index < -0.39 is 5.97 Å². The van der Waals surface area contributed by atoms with Gasteiger partial charge >= 0.3 is 5.97 Å². The van der Waals surface area contributed by atoms with E-state index in [9.17, 15) is 4.79 Å². The maximum Gasteiger partial charge on any atom is 0.303 e. The van der Waals surface area contributed by atoms with E-state index in [1.54, 1.807) is 11.8 Å². The van der Waals surface area contributed by atoms with E-state index in [1.807, 2.05) is 31.2 Å². The van der Waals surface area contributed by atoms with Crippen LogP contribution >= 0.6 is 23.4 Å². The van der Waals surface area contributed by atoms with Gasteiger partial charge in [-0.2, -0.15) is 0 Å². The summed E-state index contributed by atoms with van der Waals surface area (Å²) in [5.74, 6) is -0.742. The molecule has 4 heteroatoms. The number of rotatable bonds is 5. The molecule has 0 aliphatic rings. The second kappa shape index (κ2) is 6.03. The van der Waals surface area contributed by atoms with Crippen molar-refractivity contribution in [1.82, 2.24) is 0 Å². The molecular formula is C11H13ClO2S. The van der Waals surface area contributed by atoms with E-state index in [2.05, 4.69) is 0 Å². The highest BCUT2D eigenvalue weighted by atomic mass is 35.5. The summed E-state index contributed by atoms with van der Waals surface area (Å²) in [5.41, 5.74) is 0. The van der Waals surface area contributed by atoms with Gasteiger partial charge in [0, 0.05) is 21.6 Å². The average Bonchev–Trinajstić information content (AvgIpc) is 2.15. The molecule has 0 fully saturated rings. The second-order valence-corrected chi connectivity index (χ2v) is 5.27. The largest absolute Gasteiger partial charge is 0.481 e. The molecule has 0 heterocycles. The maximum absolute atomic E-state index is 10.4. The molecule has 1 aromatic carbocycles. The zero-order valence-electron chi connectivity index (χ0n) is 8.44. The van der Waals surface area contributed by atoms with Gasteiger partial charge in [-0.05, 0) is 24.6 Å². The van der Waals surface area contributed by atoms with Crippen LogP contribution in [-0.2, 0) is 4.79 Å². The molecule has 2 nitrogen and oxygen atoms in total. The van der Waals surface area contributed by atoms with Gasteiger partial charge in [0.2, 0.25) is 0 Å². The van der Waals surface area contributed by atoms with Crippen LogP contribution < -0.4 is 0 Å². The number of carboxylic acid groups (broad SMARTS) is 1. The third-order valence-electron chi connectivity index (χ3n) is 1.90. The van der Waals surface area contributed by atoms with Crippen LogP contribution in [0.25, 0.3) is 0 Å². The minimum Gasteiger partial charge on any atom is -0.481 e. The summed E-state index contributed by atoms with van der Waals surface area (Å²) in [6, 6.07) is 7.60. The number of halogens is 1. The van der Waals surface area contributed by atoms with Crippen LogP contribution in [0.1, 0.15) is 19.8 Å². The normalized spacial score (nSPS) is 12.4. The van der Waals surface area contributed by atoms with Crippen LogP contribution in [0, 0.1) is 0 Å². The molecule has 0 spiro atoms. The smallest absolute Gasteiger partial charge is 0.303 e. The number of thioether (sulfide) groups is 1. The minimum absolute atomic E-state index is 0.217. The highest BCUT2D eigenvalue weighted by Crippen LogP contribution is 2.27. The molecule has 0 amide bonds. The van der Waals surface area contributed by atoms with Crippen molar-refractivity contribution in [1.29, 1.82) is 0 Å². The van der Waals surface area contributed by atoms with Crippen LogP contribution in [0.2, 0.25) is 5.02 Å². The van der Waals surface area contributed by atoms with Crippen LogP contribution in [-0.4, -0.2) is 16.3 Å². The molecule has 0 aliphatic carbocycles. The highest BCUT2D eigenvalue weighted by Gasteiger charge is 2.07. The summed E-state index contributed by atoms with van der Waals surface area (Å²) >= 11 is 7.50. The van der Waals surface area contributed by atoms with E-state index in [0.717, 1.165) is 4.90 Å². The number of benzene rings is 1. The Labute approximate surface area is 98.6 Å². The maximum atomic E-state index is 10.4. The number of hydrogen-bond acceptors (Lipinski definition) is 2. The molecule has 1 atom stereocenters. The fraction of sp³-hybridized carbons (Fsp3) is 0.364.